The molecule has 8 heteroatoms. The van der Waals surface area contributed by atoms with Crippen LogP contribution in [-0.2, 0) is 14.8 Å². The number of carbonyl (C=O) groups excluding carboxylic acids is 1. The Morgan fingerprint density at radius 2 is 2.05 bits per heavy atom. The van der Waals surface area contributed by atoms with Gasteiger partial charge >= 0.3 is 0 Å². The highest BCUT2D eigenvalue weighted by Crippen LogP contribution is 2.18. The van der Waals surface area contributed by atoms with Crippen molar-refractivity contribution in [2.45, 2.75) is 11.3 Å². The average Bonchev–Trinajstić information content (AvgIpc) is 2.29. The minimum absolute atomic E-state index is 0.0888. The Hall–Kier alpha value is -1.67. The van der Waals surface area contributed by atoms with Crippen molar-refractivity contribution in [3.63, 3.8) is 0 Å². The molecule has 1 aromatic carbocycles. The van der Waals surface area contributed by atoms with Crippen molar-refractivity contribution in [3.05, 3.63) is 24.0 Å². The van der Waals surface area contributed by atoms with E-state index < -0.39 is 15.8 Å². The first-order valence-electron chi connectivity index (χ1n) is 5.48. The smallest absolute Gasteiger partial charge is 0.238 e. The molecule has 0 fully saturated rings. The van der Waals surface area contributed by atoms with Gasteiger partial charge in [0, 0.05) is 27.1 Å². The third kappa shape index (κ3) is 4.49. The van der Waals surface area contributed by atoms with Gasteiger partial charge in [-0.05, 0) is 18.2 Å². The number of hydrogen-bond acceptors (Lipinski definition) is 4. The molecule has 0 unspecified atom stereocenters. The predicted molar refractivity (Wildman–Crippen MR) is 69.6 cm³/mol. The number of nitrogens with zero attached hydrogens (tertiary/aromatic N) is 1. The second kappa shape index (κ2) is 5.98. The van der Waals surface area contributed by atoms with Crippen LogP contribution in [0.3, 0.4) is 0 Å². The Morgan fingerprint density at radius 1 is 1.42 bits per heavy atom. The lowest BCUT2D eigenvalue weighted by atomic mass is 10.3. The number of benzene rings is 1. The maximum Gasteiger partial charge on any atom is 0.238 e. The summed E-state index contributed by atoms with van der Waals surface area (Å²) < 4.78 is 35.6. The Balaban J connectivity index is 2.69. The molecular formula is C11H16FN3O3S. The molecular weight excluding hydrogens is 273 g/mol. The van der Waals surface area contributed by atoms with Gasteiger partial charge in [-0.2, -0.15) is 0 Å². The number of hydrogen-bond donors (Lipinski definition) is 2. The van der Waals surface area contributed by atoms with Gasteiger partial charge in [-0.1, -0.05) is 0 Å². The first kappa shape index (κ1) is 15.4. The molecule has 0 aliphatic carbocycles. The van der Waals surface area contributed by atoms with Gasteiger partial charge in [-0.25, -0.2) is 17.9 Å². The number of primary sulfonamides is 1. The summed E-state index contributed by atoms with van der Waals surface area (Å²) in [6, 6.07) is 3.31. The van der Waals surface area contributed by atoms with E-state index in [2.05, 4.69) is 5.32 Å². The van der Waals surface area contributed by atoms with Crippen LogP contribution in [0.4, 0.5) is 10.1 Å². The van der Waals surface area contributed by atoms with Gasteiger partial charge in [0.1, 0.15) is 5.82 Å². The Labute approximate surface area is 111 Å². The van der Waals surface area contributed by atoms with Gasteiger partial charge in [0.2, 0.25) is 15.9 Å². The fourth-order valence-corrected chi connectivity index (χ4v) is 1.87. The van der Waals surface area contributed by atoms with Crippen molar-refractivity contribution in [2.75, 3.05) is 26.0 Å². The Morgan fingerprint density at radius 3 is 2.53 bits per heavy atom. The van der Waals surface area contributed by atoms with Crippen LogP contribution < -0.4 is 10.5 Å². The van der Waals surface area contributed by atoms with E-state index in [1.165, 1.54) is 17.0 Å². The van der Waals surface area contributed by atoms with Crippen LogP contribution in [0.5, 0.6) is 0 Å². The largest absolute Gasteiger partial charge is 0.382 e. The summed E-state index contributed by atoms with van der Waals surface area (Å²) in [5.74, 6) is -0.821. The second-order valence-corrected chi connectivity index (χ2v) is 5.71. The van der Waals surface area contributed by atoms with Gasteiger partial charge in [0.15, 0.2) is 0 Å². The molecule has 0 aliphatic heterocycles. The molecule has 3 N–H and O–H groups in total. The summed E-state index contributed by atoms with van der Waals surface area (Å²) in [6.45, 7) is 0.253. The minimum Gasteiger partial charge on any atom is -0.382 e. The Bertz CT molecular complexity index is 573. The molecule has 0 bridgehead atoms. The standard InChI is InChI=1S/C11H16FN3O3S/c1-15(2)11(16)5-6-14-10-4-3-8(7-9(10)12)19(13,17)18/h3-4,7,14H,5-6H2,1-2H3,(H2,13,17,18). The number of anilines is 1. The number of halogens is 1. The summed E-state index contributed by atoms with van der Waals surface area (Å²) in [5.41, 5.74) is 0.124. The molecule has 0 aliphatic rings. The zero-order chi connectivity index (χ0) is 14.6. The van der Waals surface area contributed by atoms with Crippen molar-refractivity contribution in [2.24, 2.45) is 5.14 Å². The number of sulfonamides is 1. The Kier molecular flexibility index (Phi) is 4.84. The molecule has 6 nitrogen and oxygen atoms in total. The lowest BCUT2D eigenvalue weighted by Crippen LogP contribution is -2.24. The predicted octanol–water partition coefficient (Wildman–Crippen LogP) is 0.363. The molecule has 0 saturated heterocycles. The zero-order valence-corrected chi connectivity index (χ0v) is 11.5. The van der Waals surface area contributed by atoms with E-state index in [4.69, 9.17) is 5.14 Å². The number of rotatable bonds is 5. The molecule has 19 heavy (non-hydrogen) atoms. The van der Waals surface area contributed by atoms with Gasteiger partial charge < -0.3 is 10.2 Å². The quantitative estimate of drug-likeness (QED) is 0.818. The van der Waals surface area contributed by atoms with Crippen molar-refractivity contribution in [1.82, 2.24) is 4.90 Å². The molecule has 0 saturated carbocycles. The van der Waals surface area contributed by atoms with E-state index in [-0.39, 0.29) is 29.5 Å². The maximum atomic E-state index is 13.6. The number of amides is 1. The first-order valence-corrected chi connectivity index (χ1v) is 7.03. The summed E-state index contributed by atoms with van der Waals surface area (Å²) in [4.78, 5) is 12.4. The van der Waals surface area contributed by atoms with Gasteiger partial charge in [-0.3, -0.25) is 4.79 Å². The van der Waals surface area contributed by atoms with Crippen molar-refractivity contribution in [3.8, 4) is 0 Å². The minimum atomic E-state index is -3.92. The van der Waals surface area contributed by atoms with E-state index in [1.54, 1.807) is 14.1 Å². The molecule has 0 radical (unpaired) electrons. The second-order valence-electron chi connectivity index (χ2n) is 4.15. The maximum absolute atomic E-state index is 13.6. The number of nitrogens with two attached hydrogens (primary N) is 1. The highest BCUT2D eigenvalue weighted by molar-refractivity contribution is 7.89. The van der Waals surface area contributed by atoms with Crippen molar-refractivity contribution < 1.29 is 17.6 Å². The molecule has 0 aromatic heterocycles. The molecule has 106 valence electrons. The summed E-state index contributed by atoms with van der Waals surface area (Å²) >= 11 is 0. The van der Waals surface area contributed by atoms with Crippen molar-refractivity contribution >= 4 is 21.6 Å². The van der Waals surface area contributed by atoms with Crippen LogP contribution in [-0.4, -0.2) is 39.9 Å². The van der Waals surface area contributed by atoms with E-state index in [0.717, 1.165) is 6.07 Å². The lowest BCUT2D eigenvalue weighted by molar-refractivity contribution is -0.128. The molecule has 1 amide bonds. The van der Waals surface area contributed by atoms with Crippen LogP contribution in [0.1, 0.15) is 6.42 Å². The average molecular weight is 289 g/mol. The third-order valence-electron chi connectivity index (χ3n) is 2.42. The molecule has 1 rings (SSSR count). The summed E-state index contributed by atoms with van der Waals surface area (Å²) in [7, 11) is -0.658. The summed E-state index contributed by atoms with van der Waals surface area (Å²) in [5, 5.41) is 7.60. The van der Waals surface area contributed by atoms with Gasteiger partial charge in [0.25, 0.3) is 0 Å². The van der Waals surface area contributed by atoms with E-state index >= 15 is 0 Å². The normalized spacial score (nSPS) is 11.2. The number of nitrogens with one attached hydrogen (secondary N) is 1. The third-order valence-corrected chi connectivity index (χ3v) is 3.33. The molecule has 0 atom stereocenters. The SMILES string of the molecule is CN(C)C(=O)CCNc1ccc(S(N)(=O)=O)cc1F. The van der Waals surface area contributed by atoms with Crippen LogP contribution >= 0.6 is 0 Å². The zero-order valence-electron chi connectivity index (χ0n) is 10.7. The molecule has 0 heterocycles. The first-order chi connectivity index (χ1) is 8.71. The molecule has 0 spiro atoms. The monoisotopic (exact) mass is 289 g/mol. The fourth-order valence-electron chi connectivity index (χ4n) is 1.34. The highest BCUT2D eigenvalue weighted by Gasteiger charge is 2.11. The fraction of sp³-hybridized carbons (Fsp3) is 0.364. The number of carbonyl (C=O) groups is 1. The van der Waals surface area contributed by atoms with E-state index in [9.17, 15) is 17.6 Å². The van der Waals surface area contributed by atoms with Crippen LogP contribution in [0.15, 0.2) is 23.1 Å². The highest BCUT2D eigenvalue weighted by atomic mass is 32.2. The van der Waals surface area contributed by atoms with Crippen molar-refractivity contribution in [1.29, 1.82) is 0 Å². The van der Waals surface area contributed by atoms with Gasteiger partial charge in [0.05, 0.1) is 10.6 Å². The lowest BCUT2D eigenvalue weighted by Gasteiger charge is -2.11. The van der Waals surface area contributed by atoms with Crippen LogP contribution in [0.2, 0.25) is 0 Å². The van der Waals surface area contributed by atoms with E-state index in [0.29, 0.717) is 0 Å². The topological polar surface area (TPSA) is 92.5 Å². The van der Waals surface area contributed by atoms with Gasteiger partial charge in [-0.15, -0.1) is 0 Å². The van der Waals surface area contributed by atoms with Crippen LogP contribution in [0.25, 0.3) is 0 Å². The molecule has 1 aromatic rings. The van der Waals surface area contributed by atoms with E-state index in [1.807, 2.05) is 0 Å². The summed E-state index contributed by atoms with van der Waals surface area (Å²) in [6.07, 6.45) is 0.212. The van der Waals surface area contributed by atoms with Crippen LogP contribution in [0, 0.1) is 5.82 Å².